The van der Waals surface area contributed by atoms with Crippen LogP contribution in [0.1, 0.15) is 6.42 Å². The monoisotopic (exact) mass is 258 g/mol. The second-order valence-electron chi connectivity index (χ2n) is 2.41. The average Bonchev–Trinajstić information content (AvgIpc) is 2.21. The van der Waals surface area contributed by atoms with Gasteiger partial charge in [0.15, 0.2) is 5.82 Å². The maximum absolute atomic E-state index is 5.35. The van der Waals surface area contributed by atoms with Crippen molar-refractivity contribution in [2.45, 2.75) is 6.42 Å². The Labute approximate surface area is 90.5 Å². The van der Waals surface area contributed by atoms with Gasteiger partial charge in [-0.15, -0.1) is 6.58 Å². The highest BCUT2D eigenvalue weighted by molar-refractivity contribution is 9.10. The van der Waals surface area contributed by atoms with Gasteiger partial charge in [0, 0.05) is 0 Å². The second-order valence-corrected chi connectivity index (χ2v) is 3.20. The third kappa shape index (κ3) is 2.68. The highest BCUT2D eigenvalue weighted by Crippen LogP contribution is 2.27. The average molecular weight is 259 g/mol. The lowest BCUT2D eigenvalue weighted by Gasteiger charge is -2.07. The zero-order chi connectivity index (χ0) is 10.4. The van der Waals surface area contributed by atoms with Crippen LogP contribution in [0.25, 0.3) is 0 Å². The molecule has 3 N–H and O–H groups in total. The number of hydrazine groups is 1. The van der Waals surface area contributed by atoms with Gasteiger partial charge in [-0.2, -0.15) is 0 Å². The van der Waals surface area contributed by atoms with Crippen LogP contribution >= 0.6 is 15.9 Å². The van der Waals surface area contributed by atoms with E-state index in [9.17, 15) is 0 Å². The van der Waals surface area contributed by atoms with Crippen molar-refractivity contribution in [2.75, 3.05) is 12.0 Å². The number of halogens is 1. The lowest BCUT2D eigenvalue weighted by molar-refractivity contribution is 0.310. The summed E-state index contributed by atoms with van der Waals surface area (Å²) < 4.78 is 5.97. The van der Waals surface area contributed by atoms with Crippen molar-refractivity contribution in [1.29, 1.82) is 0 Å². The summed E-state index contributed by atoms with van der Waals surface area (Å²) in [7, 11) is 0. The minimum atomic E-state index is 0.467. The number of anilines is 1. The molecular weight excluding hydrogens is 248 g/mol. The Kier molecular flexibility index (Phi) is 4.34. The molecule has 1 aromatic rings. The highest BCUT2D eigenvalue weighted by atomic mass is 79.9. The van der Waals surface area contributed by atoms with Gasteiger partial charge in [0.25, 0.3) is 0 Å². The van der Waals surface area contributed by atoms with Gasteiger partial charge in [0.2, 0.25) is 5.88 Å². The molecule has 0 amide bonds. The summed E-state index contributed by atoms with van der Waals surface area (Å²) in [5.74, 6) is 6.19. The zero-order valence-corrected chi connectivity index (χ0v) is 9.12. The van der Waals surface area contributed by atoms with Crippen LogP contribution in [0.15, 0.2) is 23.5 Å². The standard InChI is InChI=1S/C8H11BrN4O/c1-2-3-4-14-8-6(9)7(13-10)11-5-12-8/h2,5H,1,3-4,10H2,(H,11,12,13). The molecule has 0 unspecified atom stereocenters. The molecule has 6 heteroatoms. The summed E-state index contributed by atoms with van der Waals surface area (Å²) in [6.45, 7) is 4.12. The van der Waals surface area contributed by atoms with Gasteiger partial charge < -0.3 is 10.2 Å². The van der Waals surface area contributed by atoms with E-state index in [0.717, 1.165) is 6.42 Å². The maximum atomic E-state index is 5.35. The Hall–Kier alpha value is -1.14. The number of aromatic nitrogens is 2. The first-order chi connectivity index (χ1) is 6.79. The number of ether oxygens (including phenoxy) is 1. The summed E-state index contributed by atoms with van der Waals surface area (Å²) in [5.41, 5.74) is 2.43. The van der Waals surface area contributed by atoms with Crippen LogP contribution in [0.3, 0.4) is 0 Å². The largest absolute Gasteiger partial charge is 0.476 e. The number of hydrogen-bond donors (Lipinski definition) is 2. The van der Waals surface area contributed by atoms with Crippen LogP contribution in [0, 0.1) is 0 Å². The summed E-state index contributed by atoms with van der Waals surface area (Å²) in [6.07, 6.45) is 3.92. The molecule has 76 valence electrons. The molecule has 1 aromatic heterocycles. The van der Waals surface area contributed by atoms with E-state index in [1.54, 1.807) is 6.08 Å². The van der Waals surface area contributed by atoms with Gasteiger partial charge in [0.05, 0.1) is 6.61 Å². The first-order valence-corrected chi connectivity index (χ1v) is 4.79. The fourth-order valence-electron chi connectivity index (χ4n) is 0.794. The molecule has 0 saturated heterocycles. The Balaban J connectivity index is 2.71. The molecular formula is C8H11BrN4O. The van der Waals surface area contributed by atoms with Crippen molar-refractivity contribution in [1.82, 2.24) is 9.97 Å². The Morgan fingerprint density at radius 2 is 2.43 bits per heavy atom. The molecule has 0 aliphatic rings. The van der Waals surface area contributed by atoms with E-state index >= 15 is 0 Å². The predicted octanol–water partition coefficient (Wildman–Crippen LogP) is 1.48. The Morgan fingerprint density at radius 1 is 1.64 bits per heavy atom. The maximum Gasteiger partial charge on any atom is 0.233 e. The first-order valence-electron chi connectivity index (χ1n) is 4.00. The summed E-state index contributed by atoms with van der Waals surface area (Å²) >= 11 is 3.28. The van der Waals surface area contributed by atoms with Crippen LogP contribution in [0.5, 0.6) is 5.88 Å². The van der Waals surface area contributed by atoms with Gasteiger partial charge in [-0.25, -0.2) is 15.8 Å². The summed E-state index contributed by atoms with van der Waals surface area (Å²) in [5, 5.41) is 0. The van der Waals surface area contributed by atoms with E-state index < -0.39 is 0 Å². The van der Waals surface area contributed by atoms with Crippen molar-refractivity contribution in [3.05, 3.63) is 23.5 Å². The molecule has 0 atom stereocenters. The van der Waals surface area contributed by atoms with Crippen molar-refractivity contribution < 1.29 is 4.74 Å². The van der Waals surface area contributed by atoms with Gasteiger partial charge in [0.1, 0.15) is 10.8 Å². The molecule has 5 nitrogen and oxygen atoms in total. The van der Waals surface area contributed by atoms with Crippen molar-refractivity contribution in [3.63, 3.8) is 0 Å². The minimum Gasteiger partial charge on any atom is -0.476 e. The van der Waals surface area contributed by atoms with E-state index in [1.807, 2.05) is 0 Å². The van der Waals surface area contributed by atoms with E-state index in [0.29, 0.717) is 22.8 Å². The molecule has 0 aliphatic heterocycles. The Bertz CT molecular complexity index is 318. The second kappa shape index (κ2) is 5.56. The number of nitrogens with one attached hydrogen (secondary N) is 1. The quantitative estimate of drug-likeness (QED) is 0.362. The molecule has 0 saturated carbocycles. The smallest absolute Gasteiger partial charge is 0.233 e. The molecule has 1 heterocycles. The third-order valence-corrected chi connectivity index (χ3v) is 2.17. The highest BCUT2D eigenvalue weighted by Gasteiger charge is 2.07. The van der Waals surface area contributed by atoms with E-state index in [-0.39, 0.29) is 0 Å². The molecule has 0 bridgehead atoms. The third-order valence-electron chi connectivity index (χ3n) is 1.45. The first kappa shape index (κ1) is 10.9. The summed E-state index contributed by atoms with van der Waals surface area (Å²) in [6, 6.07) is 0. The molecule has 0 spiro atoms. The topological polar surface area (TPSA) is 73.1 Å². The molecule has 0 radical (unpaired) electrons. The lowest BCUT2D eigenvalue weighted by Crippen LogP contribution is -2.10. The lowest BCUT2D eigenvalue weighted by atomic mass is 10.4. The fourth-order valence-corrected chi connectivity index (χ4v) is 1.23. The van der Waals surface area contributed by atoms with Gasteiger partial charge in [-0.1, -0.05) is 6.08 Å². The normalized spacial score (nSPS) is 9.57. The SMILES string of the molecule is C=CCCOc1ncnc(NN)c1Br. The van der Waals surface area contributed by atoms with Crippen LogP contribution in [0.4, 0.5) is 5.82 Å². The summed E-state index contributed by atoms with van der Waals surface area (Å²) in [4.78, 5) is 7.84. The van der Waals surface area contributed by atoms with Crippen molar-refractivity contribution >= 4 is 21.7 Å². The Morgan fingerprint density at radius 3 is 3.07 bits per heavy atom. The number of nitrogen functional groups attached to an aromatic ring is 1. The van der Waals surface area contributed by atoms with E-state index in [4.69, 9.17) is 10.6 Å². The van der Waals surface area contributed by atoms with E-state index in [1.165, 1.54) is 6.33 Å². The molecule has 14 heavy (non-hydrogen) atoms. The fraction of sp³-hybridized carbons (Fsp3) is 0.250. The van der Waals surface area contributed by atoms with Crippen LogP contribution < -0.4 is 16.0 Å². The van der Waals surface area contributed by atoms with Crippen molar-refractivity contribution in [2.24, 2.45) is 5.84 Å². The number of nitrogens with zero attached hydrogens (tertiary/aromatic N) is 2. The molecule has 0 aliphatic carbocycles. The van der Waals surface area contributed by atoms with E-state index in [2.05, 4.69) is 37.9 Å². The molecule has 0 aromatic carbocycles. The molecule has 0 fully saturated rings. The van der Waals surface area contributed by atoms with Gasteiger partial charge in [-0.05, 0) is 22.4 Å². The van der Waals surface area contributed by atoms with Crippen molar-refractivity contribution in [3.8, 4) is 5.88 Å². The van der Waals surface area contributed by atoms with Crippen LogP contribution in [0.2, 0.25) is 0 Å². The van der Waals surface area contributed by atoms with Crippen LogP contribution in [-0.2, 0) is 0 Å². The number of rotatable bonds is 5. The minimum absolute atomic E-state index is 0.467. The van der Waals surface area contributed by atoms with Gasteiger partial charge in [-0.3, -0.25) is 0 Å². The molecule has 1 rings (SSSR count). The predicted molar refractivity (Wildman–Crippen MR) is 57.9 cm³/mol. The number of hydrogen-bond acceptors (Lipinski definition) is 5. The van der Waals surface area contributed by atoms with Crippen LogP contribution in [-0.4, -0.2) is 16.6 Å². The zero-order valence-electron chi connectivity index (χ0n) is 7.53. The van der Waals surface area contributed by atoms with Gasteiger partial charge >= 0.3 is 0 Å². The number of nitrogens with two attached hydrogens (primary N) is 1.